The zero-order chi connectivity index (χ0) is 19.4. The molecule has 4 fully saturated rings. The second kappa shape index (κ2) is 7.04. The molecule has 4 aliphatic carbocycles. The van der Waals surface area contributed by atoms with E-state index in [9.17, 15) is 9.90 Å². The van der Waals surface area contributed by atoms with Crippen LogP contribution in [0.4, 0.5) is 0 Å². The van der Waals surface area contributed by atoms with E-state index in [0.29, 0.717) is 29.1 Å². The number of hydrogen-bond acceptors (Lipinski definition) is 2. The molecule has 0 aromatic rings. The molecule has 0 bridgehead atoms. The summed E-state index contributed by atoms with van der Waals surface area (Å²) < 4.78 is 0. The Morgan fingerprint density at radius 1 is 1.00 bits per heavy atom. The van der Waals surface area contributed by atoms with E-state index >= 15 is 0 Å². The molecular weight excluding hydrogens is 336 g/mol. The van der Waals surface area contributed by atoms with Gasteiger partial charge in [-0.25, -0.2) is 0 Å². The number of aliphatic carboxylic acids is 1. The molecule has 9 atom stereocenters. The first-order valence-corrected chi connectivity index (χ1v) is 11.7. The Morgan fingerprint density at radius 2 is 1.70 bits per heavy atom. The van der Waals surface area contributed by atoms with Crippen molar-refractivity contribution in [2.24, 2.45) is 46.3 Å². The lowest BCUT2D eigenvalue weighted by Gasteiger charge is -2.61. The molecule has 0 aromatic heterocycles. The highest BCUT2D eigenvalue weighted by Gasteiger charge is 2.60. The number of aliphatic hydroxyl groups excluding tert-OH is 1. The molecule has 4 saturated carbocycles. The van der Waals surface area contributed by atoms with Crippen molar-refractivity contribution in [1.29, 1.82) is 0 Å². The van der Waals surface area contributed by atoms with Gasteiger partial charge in [0.2, 0.25) is 0 Å². The van der Waals surface area contributed by atoms with Crippen LogP contribution in [0, 0.1) is 46.3 Å². The van der Waals surface area contributed by atoms with Gasteiger partial charge in [0.25, 0.3) is 0 Å². The van der Waals surface area contributed by atoms with E-state index in [0.717, 1.165) is 42.9 Å². The van der Waals surface area contributed by atoms with Crippen LogP contribution in [-0.4, -0.2) is 22.3 Å². The fourth-order valence-corrected chi connectivity index (χ4v) is 8.76. The number of carboxylic acid groups (broad SMARTS) is 1. The van der Waals surface area contributed by atoms with Gasteiger partial charge in [-0.15, -0.1) is 0 Å². The van der Waals surface area contributed by atoms with Gasteiger partial charge in [0.15, 0.2) is 0 Å². The quantitative estimate of drug-likeness (QED) is 0.680. The SMILES string of the molecule is C[C@H](CCC(=O)O)[C@@H]1CC[C@H]2[C@H]3CC[C@H]4C[C@@H](O)CC[C@]4(C)[C@@H]3CC[C@@]21C. The van der Waals surface area contributed by atoms with Crippen LogP contribution in [0.5, 0.6) is 0 Å². The Morgan fingerprint density at radius 3 is 2.44 bits per heavy atom. The lowest BCUT2D eigenvalue weighted by Crippen LogP contribution is -2.54. The molecule has 0 amide bonds. The topological polar surface area (TPSA) is 57.5 Å². The molecular formula is C24H40O3. The molecule has 3 heteroatoms. The van der Waals surface area contributed by atoms with Crippen LogP contribution in [0.3, 0.4) is 0 Å². The van der Waals surface area contributed by atoms with Crippen molar-refractivity contribution < 1.29 is 15.0 Å². The van der Waals surface area contributed by atoms with Crippen molar-refractivity contribution in [1.82, 2.24) is 0 Å². The molecule has 0 spiro atoms. The summed E-state index contributed by atoms with van der Waals surface area (Å²) in [6.07, 6.45) is 12.4. The number of hydrogen-bond donors (Lipinski definition) is 2. The molecule has 27 heavy (non-hydrogen) atoms. The maximum absolute atomic E-state index is 11.0. The van der Waals surface area contributed by atoms with Crippen molar-refractivity contribution in [3.63, 3.8) is 0 Å². The third kappa shape index (κ3) is 3.16. The normalized spacial score (nSPS) is 50.4. The van der Waals surface area contributed by atoms with Crippen LogP contribution in [0.1, 0.15) is 91.4 Å². The first kappa shape index (κ1) is 19.7. The van der Waals surface area contributed by atoms with Crippen molar-refractivity contribution in [2.75, 3.05) is 0 Å². The van der Waals surface area contributed by atoms with Gasteiger partial charge in [-0.2, -0.15) is 0 Å². The number of rotatable bonds is 4. The van der Waals surface area contributed by atoms with Crippen molar-refractivity contribution in [3.05, 3.63) is 0 Å². The Balaban J connectivity index is 1.51. The summed E-state index contributed by atoms with van der Waals surface area (Å²) in [5.74, 6) is 3.91. The Bertz CT molecular complexity index is 574. The fourth-order valence-electron chi connectivity index (χ4n) is 8.76. The highest BCUT2D eigenvalue weighted by atomic mass is 16.4. The molecule has 4 aliphatic rings. The molecule has 3 nitrogen and oxygen atoms in total. The summed E-state index contributed by atoms with van der Waals surface area (Å²) in [7, 11) is 0. The van der Waals surface area contributed by atoms with Gasteiger partial charge in [0, 0.05) is 6.42 Å². The maximum Gasteiger partial charge on any atom is 0.303 e. The van der Waals surface area contributed by atoms with Crippen LogP contribution in [-0.2, 0) is 4.79 Å². The summed E-state index contributed by atoms with van der Waals surface area (Å²) >= 11 is 0. The van der Waals surface area contributed by atoms with E-state index in [4.69, 9.17) is 5.11 Å². The molecule has 0 aliphatic heterocycles. The molecule has 4 rings (SSSR count). The van der Waals surface area contributed by atoms with E-state index in [2.05, 4.69) is 20.8 Å². The highest BCUT2D eigenvalue weighted by Crippen LogP contribution is 2.68. The Labute approximate surface area is 165 Å². The van der Waals surface area contributed by atoms with Crippen LogP contribution in [0.25, 0.3) is 0 Å². The van der Waals surface area contributed by atoms with Crippen LogP contribution < -0.4 is 0 Å². The number of carboxylic acids is 1. The van der Waals surface area contributed by atoms with E-state index < -0.39 is 5.97 Å². The molecule has 0 radical (unpaired) electrons. The van der Waals surface area contributed by atoms with Crippen LogP contribution >= 0.6 is 0 Å². The second-order valence-electron chi connectivity index (χ2n) is 11.2. The smallest absolute Gasteiger partial charge is 0.303 e. The third-order valence-corrected chi connectivity index (χ3v) is 10.2. The van der Waals surface area contributed by atoms with Gasteiger partial charge in [0.05, 0.1) is 6.10 Å². The van der Waals surface area contributed by atoms with Crippen molar-refractivity contribution in [2.45, 2.75) is 97.5 Å². The first-order chi connectivity index (χ1) is 12.8. The lowest BCUT2D eigenvalue weighted by molar-refractivity contribution is -0.138. The van der Waals surface area contributed by atoms with Crippen molar-refractivity contribution >= 4 is 5.97 Å². The van der Waals surface area contributed by atoms with Gasteiger partial charge in [-0.1, -0.05) is 20.8 Å². The summed E-state index contributed by atoms with van der Waals surface area (Å²) in [5.41, 5.74) is 0.882. The van der Waals surface area contributed by atoms with Gasteiger partial charge in [-0.05, 0) is 111 Å². The molecule has 0 aromatic carbocycles. The number of aliphatic hydroxyl groups is 1. The number of fused-ring (bicyclic) bond motifs is 5. The first-order valence-electron chi connectivity index (χ1n) is 11.7. The fraction of sp³-hybridized carbons (Fsp3) is 0.958. The van der Waals surface area contributed by atoms with Gasteiger partial charge in [0.1, 0.15) is 0 Å². The minimum Gasteiger partial charge on any atom is -0.481 e. The van der Waals surface area contributed by atoms with E-state index in [1.54, 1.807) is 0 Å². The van der Waals surface area contributed by atoms with Crippen molar-refractivity contribution in [3.8, 4) is 0 Å². The standard InChI is InChI=1S/C24H40O3/c1-15(4-9-22(26)27)19-7-8-20-18-6-5-16-14-17(25)10-12-23(16,2)21(18)11-13-24(19,20)3/h15-21,25H,4-14H2,1-3H3,(H,26,27)/t15-,16+,17+,18-,19+,20+,21-,23+,24-/m1/s1. The summed E-state index contributed by atoms with van der Waals surface area (Å²) in [6, 6.07) is 0. The predicted molar refractivity (Wildman–Crippen MR) is 107 cm³/mol. The molecule has 154 valence electrons. The van der Waals surface area contributed by atoms with Gasteiger partial charge in [-0.3, -0.25) is 4.79 Å². The van der Waals surface area contributed by atoms with Gasteiger partial charge < -0.3 is 10.2 Å². The molecule has 2 N–H and O–H groups in total. The second-order valence-corrected chi connectivity index (χ2v) is 11.2. The van der Waals surface area contributed by atoms with E-state index in [-0.39, 0.29) is 6.10 Å². The van der Waals surface area contributed by atoms with Gasteiger partial charge >= 0.3 is 5.97 Å². The summed E-state index contributed by atoms with van der Waals surface area (Å²) in [5, 5.41) is 19.3. The average Bonchev–Trinajstić information content (AvgIpc) is 2.97. The lowest BCUT2D eigenvalue weighted by atomic mass is 9.44. The minimum atomic E-state index is -0.643. The molecule has 0 heterocycles. The third-order valence-electron chi connectivity index (χ3n) is 10.2. The predicted octanol–water partition coefficient (Wildman–Crippen LogP) is 5.51. The van der Waals surface area contributed by atoms with Crippen LogP contribution in [0.2, 0.25) is 0 Å². The molecule has 0 unspecified atom stereocenters. The molecule has 0 saturated heterocycles. The van der Waals surface area contributed by atoms with E-state index in [1.807, 2.05) is 0 Å². The van der Waals surface area contributed by atoms with E-state index in [1.165, 1.54) is 44.9 Å². The minimum absolute atomic E-state index is 0.0561. The summed E-state index contributed by atoms with van der Waals surface area (Å²) in [4.78, 5) is 11.0. The van der Waals surface area contributed by atoms with Crippen LogP contribution in [0.15, 0.2) is 0 Å². The average molecular weight is 377 g/mol. The monoisotopic (exact) mass is 376 g/mol. The zero-order valence-electron chi connectivity index (χ0n) is 17.6. The zero-order valence-corrected chi connectivity index (χ0v) is 17.6. The highest BCUT2D eigenvalue weighted by molar-refractivity contribution is 5.66. The Kier molecular flexibility index (Phi) is 5.15. The Hall–Kier alpha value is -0.570. The number of carbonyl (C=O) groups is 1. The largest absolute Gasteiger partial charge is 0.481 e. The summed E-state index contributed by atoms with van der Waals surface area (Å²) in [6.45, 7) is 7.43. The maximum atomic E-state index is 11.0.